The molecule has 0 fully saturated rings. The van der Waals surface area contributed by atoms with E-state index < -0.39 is 23.8 Å². The molecule has 0 saturated heterocycles. The summed E-state index contributed by atoms with van der Waals surface area (Å²) in [6.07, 6.45) is -3.84. The lowest BCUT2D eigenvalue weighted by Gasteiger charge is -2.19. The lowest BCUT2D eigenvalue weighted by Crippen LogP contribution is -2.38. The third-order valence-corrected chi connectivity index (χ3v) is 3.30. The number of halogens is 3. The molecule has 0 bridgehead atoms. The van der Waals surface area contributed by atoms with Crippen LogP contribution in [0.15, 0.2) is 42.6 Å². The van der Waals surface area contributed by atoms with Gasteiger partial charge in [-0.05, 0) is 24.3 Å². The van der Waals surface area contributed by atoms with Gasteiger partial charge < -0.3 is 10.0 Å². The molecule has 2 rings (SSSR count). The van der Waals surface area contributed by atoms with Crippen LogP contribution in [0, 0.1) is 0 Å². The highest BCUT2D eigenvalue weighted by Gasteiger charge is 2.41. The van der Waals surface area contributed by atoms with Crippen LogP contribution < -0.4 is 4.90 Å². The molecule has 0 aliphatic carbocycles. The van der Waals surface area contributed by atoms with Gasteiger partial charge in [-0.3, -0.25) is 14.6 Å². The maximum atomic E-state index is 12.5. The van der Waals surface area contributed by atoms with E-state index in [1.54, 1.807) is 0 Å². The molecule has 0 unspecified atom stereocenters. The summed E-state index contributed by atoms with van der Waals surface area (Å²) in [7, 11) is 0.920. The number of benzene rings is 1. The molecule has 1 aromatic heterocycles. The number of aromatic nitrogens is 1. The predicted octanol–water partition coefficient (Wildman–Crippen LogP) is 2.54. The number of nitrogens with zero attached hydrogens (tertiary/aromatic N) is 2. The van der Waals surface area contributed by atoms with Crippen LogP contribution in [0.5, 0.6) is 0 Å². The number of amides is 1. The smallest absolute Gasteiger partial charge is 0.471 e. The molecule has 0 saturated carbocycles. The van der Waals surface area contributed by atoms with Crippen LogP contribution in [0.4, 0.5) is 18.9 Å². The molecule has 2 aromatic rings. The fourth-order valence-electron chi connectivity index (χ4n) is 2.06. The van der Waals surface area contributed by atoms with E-state index in [0.29, 0.717) is 4.90 Å². The van der Waals surface area contributed by atoms with Crippen LogP contribution in [0.25, 0.3) is 0 Å². The summed E-state index contributed by atoms with van der Waals surface area (Å²) in [5.74, 6) is -4.24. The molecule has 0 atom stereocenters. The van der Waals surface area contributed by atoms with Gasteiger partial charge in [-0.1, -0.05) is 12.1 Å². The van der Waals surface area contributed by atoms with E-state index in [4.69, 9.17) is 5.11 Å². The average molecular weight is 352 g/mol. The van der Waals surface area contributed by atoms with E-state index in [9.17, 15) is 27.6 Å². The van der Waals surface area contributed by atoms with E-state index in [2.05, 4.69) is 4.98 Å². The van der Waals surface area contributed by atoms with Gasteiger partial charge in [0.15, 0.2) is 0 Å². The number of carbonyl (C=O) groups excluding carboxylic acids is 2. The molecule has 6 nitrogen and oxygen atoms in total. The van der Waals surface area contributed by atoms with Crippen molar-refractivity contribution in [3.05, 3.63) is 59.4 Å². The topological polar surface area (TPSA) is 87.6 Å². The van der Waals surface area contributed by atoms with Crippen molar-refractivity contribution in [2.45, 2.75) is 6.18 Å². The highest BCUT2D eigenvalue weighted by molar-refractivity contribution is 6.13. The zero-order valence-corrected chi connectivity index (χ0v) is 12.7. The van der Waals surface area contributed by atoms with Crippen LogP contribution >= 0.6 is 0 Å². The zero-order chi connectivity index (χ0) is 18.8. The predicted molar refractivity (Wildman–Crippen MR) is 80.5 cm³/mol. The first-order chi connectivity index (χ1) is 11.6. The Kier molecular flexibility index (Phi) is 4.87. The van der Waals surface area contributed by atoms with Gasteiger partial charge in [0, 0.05) is 24.5 Å². The van der Waals surface area contributed by atoms with Crippen molar-refractivity contribution in [3.63, 3.8) is 0 Å². The monoisotopic (exact) mass is 352 g/mol. The Balaban J connectivity index is 2.41. The number of pyridine rings is 1. The Bertz CT molecular complexity index is 849. The first kappa shape index (κ1) is 18.1. The van der Waals surface area contributed by atoms with Crippen LogP contribution in [0.2, 0.25) is 0 Å². The largest absolute Gasteiger partial charge is 0.478 e. The van der Waals surface area contributed by atoms with E-state index in [0.717, 1.165) is 13.1 Å². The second-order valence-electron chi connectivity index (χ2n) is 4.95. The summed E-state index contributed by atoms with van der Waals surface area (Å²) in [6.45, 7) is 0. The minimum Gasteiger partial charge on any atom is -0.478 e. The Morgan fingerprint density at radius 1 is 1.12 bits per heavy atom. The van der Waals surface area contributed by atoms with Crippen molar-refractivity contribution in [2.75, 3.05) is 11.9 Å². The van der Waals surface area contributed by atoms with Gasteiger partial charge in [-0.15, -0.1) is 0 Å². The van der Waals surface area contributed by atoms with E-state index in [-0.39, 0.29) is 22.5 Å². The number of anilines is 1. The van der Waals surface area contributed by atoms with Crippen LogP contribution in [-0.4, -0.2) is 41.0 Å². The molecule has 9 heteroatoms. The second-order valence-corrected chi connectivity index (χ2v) is 4.95. The Morgan fingerprint density at radius 3 is 2.40 bits per heavy atom. The number of carboxylic acids is 1. The van der Waals surface area contributed by atoms with Crippen LogP contribution in [-0.2, 0) is 4.79 Å². The van der Waals surface area contributed by atoms with Gasteiger partial charge in [-0.25, -0.2) is 4.79 Å². The fourth-order valence-corrected chi connectivity index (χ4v) is 2.06. The van der Waals surface area contributed by atoms with Crippen molar-refractivity contribution in [1.29, 1.82) is 0 Å². The molecule has 0 aliphatic heterocycles. The minimum atomic E-state index is -5.06. The van der Waals surface area contributed by atoms with E-state index in [1.165, 1.54) is 36.5 Å². The van der Waals surface area contributed by atoms with Crippen molar-refractivity contribution < 1.29 is 32.7 Å². The fraction of sp³-hybridized carbons (Fsp3) is 0.125. The number of ketones is 1. The Hall–Kier alpha value is -3.23. The number of aromatic carboxylic acids is 1. The van der Waals surface area contributed by atoms with Crippen molar-refractivity contribution >= 4 is 23.3 Å². The molecule has 130 valence electrons. The standard InChI is InChI=1S/C16H11F3N2O4/c1-21(15(25)16(17,18)19)10-5-2-4-9(8-10)13(22)12-11(14(23)24)6-3-7-20-12/h2-8H,1H3,(H,23,24). The first-order valence-corrected chi connectivity index (χ1v) is 6.81. The molecule has 0 aliphatic rings. The maximum absolute atomic E-state index is 12.5. The first-order valence-electron chi connectivity index (χ1n) is 6.81. The number of alkyl halides is 3. The summed E-state index contributed by atoms with van der Waals surface area (Å²) in [4.78, 5) is 39.0. The van der Waals surface area contributed by atoms with E-state index >= 15 is 0 Å². The third kappa shape index (κ3) is 3.82. The lowest BCUT2D eigenvalue weighted by atomic mass is 10.0. The molecule has 1 heterocycles. The normalized spacial score (nSPS) is 11.0. The number of carbonyl (C=O) groups is 3. The van der Waals surface area contributed by atoms with Gasteiger partial charge in [0.25, 0.3) is 0 Å². The summed E-state index contributed by atoms with van der Waals surface area (Å²) < 4.78 is 37.6. The van der Waals surface area contributed by atoms with Crippen LogP contribution in [0.1, 0.15) is 26.4 Å². The summed E-state index contributed by atoms with van der Waals surface area (Å²) in [5, 5.41) is 9.10. The van der Waals surface area contributed by atoms with Gasteiger partial charge in [0.2, 0.25) is 5.78 Å². The lowest BCUT2D eigenvalue weighted by molar-refractivity contribution is -0.170. The minimum absolute atomic E-state index is 0.0967. The number of hydrogen-bond donors (Lipinski definition) is 1. The van der Waals surface area contributed by atoms with Gasteiger partial charge in [0.1, 0.15) is 5.69 Å². The molecule has 25 heavy (non-hydrogen) atoms. The highest BCUT2D eigenvalue weighted by Crippen LogP contribution is 2.24. The second kappa shape index (κ2) is 6.71. The van der Waals surface area contributed by atoms with Gasteiger partial charge >= 0.3 is 18.1 Å². The van der Waals surface area contributed by atoms with Gasteiger partial charge in [0.05, 0.1) is 5.56 Å². The summed E-state index contributed by atoms with van der Waals surface area (Å²) in [6, 6.07) is 7.38. The molecular formula is C16H11F3N2O4. The van der Waals surface area contributed by atoms with Crippen LogP contribution in [0.3, 0.4) is 0 Å². The zero-order valence-electron chi connectivity index (χ0n) is 12.7. The Labute approximate surface area is 139 Å². The molecule has 0 spiro atoms. The van der Waals surface area contributed by atoms with Crippen molar-refractivity contribution in [1.82, 2.24) is 4.98 Å². The number of rotatable bonds is 4. The quantitative estimate of drug-likeness (QED) is 0.855. The number of carboxylic acid groups (broad SMARTS) is 1. The molecular weight excluding hydrogens is 341 g/mol. The molecule has 1 N–H and O–H groups in total. The SMILES string of the molecule is CN(C(=O)C(F)(F)F)c1cccc(C(=O)c2ncccc2C(=O)O)c1. The van der Waals surface area contributed by atoms with Gasteiger partial charge in [-0.2, -0.15) is 13.2 Å². The Morgan fingerprint density at radius 2 is 1.80 bits per heavy atom. The molecule has 1 aromatic carbocycles. The maximum Gasteiger partial charge on any atom is 0.471 e. The molecule has 1 amide bonds. The average Bonchev–Trinajstić information content (AvgIpc) is 2.59. The third-order valence-electron chi connectivity index (χ3n) is 3.30. The van der Waals surface area contributed by atoms with E-state index in [1.807, 2.05) is 0 Å². The summed E-state index contributed by atoms with van der Waals surface area (Å²) >= 11 is 0. The summed E-state index contributed by atoms with van der Waals surface area (Å²) in [5.41, 5.74) is -0.948. The highest BCUT2D eigenvalue weighted by atomic mass is 19.4. The van der Waals surface area contributed by atoms with Crippen molar-refractivity contribution in [2.24, 2.45) is 0 Å². The molecule has 0 radical (unpaired) electrons. The van der Waals surface area contributed by atoms with Crippen molar-refractivity contribution in [3.8, 4) is 0 Å². The number of hydrogen-bond acceptors (Lipinski definition) is 4.